The number of pyridine rings is 2. The minimum Gasteiger partial charge on any atom is -0.480 e. The number of nitrogens with one attached hydrogen (secondary N) is 1. The van der Waals surface area contributed by atoms with Crippen molar-refractivity contribution in [3.8, 4) is 0 Å². The summed E-state index contributed by atoms with van der Waals surface area (Å²) in [6.07, 6.45) is -3.62. The van der Waals surface area contributed by atoms with E-state index in [9.17, 15) is 26.4 Å². The van der Waals surface area contributed by atoms with E-state index in [0.717, 1.165) is 5.56 Å². The SMILES string of the molecule is CC(C)(CCCC(F)(F)F)c1ccc(CC(N)(c2cccc(NCC(=O)O)n2)S(=O)(=O)c2ccccn2)cc1. The average molecular weight is 565 g/mol. The molecule has 8 nitrogen and oxygen atoms in total. The Kier molecular flexibility index (Phi) is 9.01. The molecule has 3 aromatic rings. The number of halogens is 3. The fourth-order valence-electron chi connectivity index (χ4n) is 4.20. The molecule has 0 spiro atoms. The van der Waals surface area contributed by atoms with E-state index in [1.165, 1.54) is 36.5 Å². The molecule has 2 aromatic heterocycles. The zero-order chi connectivity index (χ0) is 28.9. The first kappa shape index (κ1) is 30.0. The number of carbonyl (C=O) groups is 1. The third-order valence-electron chi connectivity index (χ3n) is 6.46. The topological polar surface area (TPSA) is 135 Å². The number of carboxylic acids is 1. The quantitative estimate of drug-likeness (QED) is 0.285. The number of alkyl halides is 3. The lowest BCUT2D eigenvalue weighted by Crippen LogP contribution is -2.47. The molecule has 3 rings (SSSR count). The van der Waals surface area contributed by atoms with Crippen molar-refractivity contribution in [2.75, 3.05) is 11.9 Å². The van der Waals surface area contributed by atoms with Crippen molar-refractivity contribution in [3.63, 3.8) is 0 Å². The highest BCUT2D eigenvalue weighted by molar-refractivity contribution is 7.92. The second kappa shape index (κ2) is 11.7. The Morgan fingerprint density at radius 2 is 1.69 bits per heavy atom. The molecule has 0 radical (unpaired) electrons. The molecule has 2 heterocycles. The number of aliphatic carboxylic acids is 1. The van der Waals surface area contributed by atoms with Crippen LogP contribution in [-0.2, 0) is 31.3 Å². The molecule has 1 unspecified atom stereocenters. The van der Waals surface area contributed by atoms with Gasteiger partial charge >= 0.3 is 12.1 Å². The molecular formula is C27H31F3N4O4S. The highest BCUT2D eigenvalue weighted by atomic mass is 32.2. The van der Waals surface area contributed by atoms with Gasteiger partial charge in [-0.15, -0.1) is 0 Å². The number of rotatable bonds is 12. The number of nitrogens with two attached hydrogens (primary N) is 1. The normalized spacial score (nSPS) is 14.0. The molecule has 0 fully saturated rings. The summed E-state index contributed by atoms with van der Waals surface area (Å²) in [4.78, 5) is 17.2. The zero-order valence-corrected chi connectivity index (χ0v) is 22.4. The van der Waals surface area contributed by atoms with Gasteiger partial charge in [0.1, 0.15) is 12.4 Å². The van der Waals surface area contributed by atoms with Gasteiger partial charge in [0.2, 0.25) is 9.84 Å². The van der Waals surface area contributed by atoms with E-state index in [0.29, 0.717) is 12.0 Å². The van der Waals surface area contributed by atoms with Crippen LogP contribution >= 0.6 is 0 Å². The molecular weight excluding hydrogens is 533 g/mol. The average Bonchev–Trinajstić information content (AvgIpc) is 2.87. The summed E-state index contributed by atoms with van der Waals surface area (Å²) < 4.78 is 65.5. The molecule has 4 N–H and O–H groups in total. The molecule has 0 aliphatic heterocycles. The highest BCUT2D eigenvalue weighted by Crippen LogP contribution is 2.35. The fraction of sp³-hybridized carbons (Fsp3) is 0.370. The monoisotopic (exact) mass is 564 g/mol. The van der Waals surface area contributed by atoms with Crippen LogP contribution in [0.15, 0.2) is 71.9 Å². The van der Waals surface area contributed by atoms with Crippen LogP contribution in [0.25, 0.3) is 0 Å². The lowest BCUT2D eigenvalue weighted by Gasteiger charge is -2.30. The Morgan fingerprint density at radius 1 is 1.00 bits per heavy atom. The molecule has 0 bridgehead atoms. The lowest BCUT2D eigenvalue weighted by atomic mass is 9.79. The summed E-state index contributed by atoms with van der Waals surface area (Å²) in [7, 11) is -4.31. The third-order valence-corrected chi connectivity index (χ3v) is 8.56. The Bertz CT molecular complexity index is 1380. The van der Waals surface area contributed by atoms with Crippen LogP contribution in [0, 0.1) is 0 Å². The van der Waals surface area contributed by atoms with E-state index >= 15 is 0 Å². The van der Waals surface area contributed by atoms with Gasteiger partial charge in [-0.1, -0.05) is 50.2 Å². The van der Waals surface area contributed by atoms with Gasteiger partial charge < -0.3 is 16.2 Å². The van der Waals surface area contributed by atoms with Gasteiger partial charge in [-0.05, 0) is 53.6 Å². The molecule has 210 valence electrons. The number of aromatic nitrogens is 2. The first-order valence-corrected chi connectivity index (χ1v) is 13.7. The Hall–Kier alpha value is -3.51. The summed E-state index contributed by atoms with van der Waals surface area (Å²) >= 11 is 0. The van der Waals surface area contributed by atoms with Gasteiger partial charge in [0.15, 0.2) is 9.90 Å². The molecule has 1 aromatic carbocycles. The number of sulfone groups is 1. The minimum atomic E-state index is -4.31. The predicted molar refractivity (Wildman–Crippen MR) is 141 cm³/mol. The van der Waals surface area contributed by atoms with Gasteiger partial charge in [-0.3, -0.25) is 4.79 Å². The number of carboxylic acid groups (broad SMARTS) is 1. The van der Waals surface area contributed by atoms with Crippen molar-refractivity contribution in [2.24, 2.45) is 5.73 Å². The highest BCUT2D eigenvalue weighted by Gasteiger charge is 2.45. The maximum absolute atomic E-state index is 13.8. The van der Waals surface area contributed by atoms with Gasteiger partial charge in [-0.25, -0.2) is 18.4 Å². The van der Waals surface area contributed by atoms with Crippen molar-refractivity contribution in [3.05, 3.63) is 83.7 Å². The Labute approximate surface area is 225 Å². The van der Waals surface area contributed by atoms with Crippen LogP contribution in [0.5, 0.6) is 0 Å². The molecule has 12 heteroatoms. The van der Waals surface area contributed by atoms with Crippen molar-refractivity contribution in [2.45, 2.75) is 61.0 Å². The molecule has 0 aliphatic carbocycles. The lowest BCUT2D eigenvalue weighted by molar-refractivity contribution is -0.136. The summed E-state index contributed by atoms with van der Waals surface area (Å²) in [6, 6.07) is 15.8. The van der Waals surface area contributed by atoms with Crippen molar-refractivity contribution >= 4 is 21.6 Å². The van der Waals surface area contributed by atoms with Crippen LogP contribution in [-0.4, -0.2) is 42.2 Å². The van der Waals surface area contributed by atoms with Crippen LogP contribution in [0.4, 0.5) is 19.0 Å². The minimum absolute atomic E-state index is 0.00952. The van der Waals surface area contributed by atoms with Crippen molar-refractivity contribution in [1.29, 1.82) is 0 Å². The fourth-order valence-corrected chi connectivity index (χ4v) is 5.78. The van der Waals surface area contributed by atoms with Crippen LogP contribution in [0.3, 0.4) is 0 Å². The third kappa shape index (κ3) is 7.54. The smallest absolute Gasteiger partial charge is 0.389 e. The molecule has 0 aliphatic rings. The summed E-state index contributed by atoms with van der Waals surface area (Å²) in [5.74, 6) is -0.986. The largest absolute Gasteiger partial charge is 0.480 e. The number of nitrogens with zero attached hydrogens (tertiary/aromatic N) is 2. The van der Waals surface area contributed by atoms with E-state index in [1.54, 1.807) is 30.3 Å². The summed E-state index contributed by atoms with van der Waals surface area (Å²) in [6.45, 7) is 3.29. The molecule has 0 saturated carbocycles. The van der Waals surface area contributed by atoms with Crippen LogP contribution in [0.1, 0.15) is 49.9 Å². The van der Waals surface area contributed by atoms with E-state index in [-0.39, 0.29) is 29.4 Å². The number of hydrogen-bond donors (Lipinski definition) is 3. The first-order valence-electron chi connectivity index (χ1n) is 12.2. The number of hydrogen-bond acceptors (Lipinski definition) is 7. The molecule has 0 saturated heterocycles. The zero-order valence-electron chi connectivity index (χ0n) is 21.6. The second-order valence-corrected chi connectivity index (χ2v) is 12.1. The standard InChI is InChI=1S/C27H31F3N4O4S/c1-25(2,14-6-15-27(28,29)30)20-12-10-19(11-13-20)17-26(31,39(37,38)23-9-3-4-16-32-23)21-7-5-8-22(34-21)33-18-24(35)36/h3-5,7-13,16H,6,14-15,17-18,31H2,1-2H3,(H,33,34)(H,35,36). The maximum atomic E-state index is 13.8. The van der Waals surface area contributed by atoms with Gasteiger partial charge in [-0.2, -0.15) is 13.2 Å². The van der Waals surface area contributed by atoms with Gasteiger partial charge in [0.25, 0.3) is 0 Å². The molecule has 0 amide bonds. The van der Waals surface area contributed by atoms with Crippen LogP contribution in [0.2, 0.25) is 0 Å². The first-order chi connectivity index (χ1) is 18.1. The Balaban J connectivity index is 1.96. The van der Waals surface area contributed by atoms with E-state index in [2.05, 4.69) is 15.3 Å². The van der Waals surface area contributed by atoms with E-state index < -0.39 is 45.2 Å². The number of anilines is 1. The molecule has 39 heavy (non-hydrogen) atoms. The van der Waals surface area contributed by atoms with E-state index in [1.807, 2.05) is 13.8 Å². The summed E-state index contributed by atoms with van der Waals surface area (Å²) in [5.41, 5.74) is 7.49. The van der Waals surface area contributed by atoms with Gasteiger partial charge in [0, 0.05) is 19.0 Å². The maximum Gasteiger partial charge on any atom is 0.389 e. The Morgan fingerprint density at radius 3 is 2.28 bits per heavy atom. The molecule has 1 atom stereocenters. The van der Waals surface area contributed by atoms with Crippen LogP contribution < -0.4 is 11.1 Å². The number of benzene rings is 1. The van der Waals surface area contributed by atoms with Crippen molar-refractivity contribution in [1.82, 2.24) is 9.97 Å². The predicted octanol–water partition coefficient (Wildman–Crippen LogP) is 4.81. The van der Waals surface area contributed by atoms with Crippen molar-refractivity contribution < 1.29 is 31.5 Å². The summed E-state index contributed by atoms with van der Waals surface area (Å²) in [5, 5.41) is 11.3. The second-order valence-electron chi connectivity index (χ2n) is 9.94. The van der Waals surface area contributed by atoms with Gasteiger partial charge in [0.05, 0.1) is 5.69 Å². The van der Waals surface area contributed by atoms with E-state index in [4.69, 9.17) is 10.8 Å².